The number of hydrogen-bond acceptors (Lipinski definition) is 8. The molecular formula is C30H30F2N6O3S. The van der Waals surface area contributed by atoms with E-state index in [1.165, 1.54) is 19.3 Å². The summed E-state index contributed by atoms with van der Waals surface area (Å²) < 4.78 is 42.1. The van der Waals surface area contributed by atoms with E-state index in [1.54, 1.807) is 48.7 Å². The summed E-state index contributed by atoms with van der Waals surface area (Å²) in [6.45, 7) is -0.407. The number of alkyl carbamates (subject to hydrolysis) is 1. The Kier molecular flexibility index (Phi) is 9.71. The molecule has 1 amide bonds. The zero-order valence-electron chi connectivity index (χ0n) is 23.0. The van der Waals surface area contributed by atoms with E-state index in [2.05, 4.69) is 32.3 Å². The van der Waals surface area contributed by atoms with Crippen LogP contribution in [0.15, 0.2) is 66.4 Å². The number of aromatic nitrogens is 4. The zero-order valence-corrected chi connectivity index (χ0v) is 23.8. The van der Waals surface area contributed by atoms with Gasteiger partial charge in [0.2, 0.25) is 0 Å². The van der Waals surface area contributed by atoms with E-state index in [9.17, 15) is 13.6 Å². The Balaban J connectivity index is 1.21. The summed E-state index contributed by atoms with van der Waals surface area (Å²) in [6, 6.07) is 5.52. The fourth-order valence-electron chi connectivity index (χ4n) is 4.52. The molecule has 1 aliphatic carbocycles. The second-order valence-corrected chi connectivity index (χ2v) is 11.0. The van der Waals surface area contributed by atoms with E-state index >= 15 is 0 Å². The summed E-state index contributed by atoms with van der Waals surface area (Å²) in [5, 5.41) is 12.5. The summed E-state index contributed by atoms with van der Waals surface area (Å²) in [7, 11) is 1.86. The van der Waals surface area contributed by atoms with Gasteiger partial charge in [0.15, 0.2) is 17.6 Å². The Bertz CT molecular complexity index is 1480. The van der Waals surface area contributed by atoms with Crippen LogP contribution in [0.4, 0.5) is 13.6 Å². The highest BCUT2D eigenvalue weighted by atomic mass is 32.2. The first-order valence-corrected chi connectivity index (χ1v) is 14.5. The Labute approximate surface area is 247 Å². The first kappa shape index (κ1) is 29.1. The van der Waals surface area contributed by atoms with Gasteiger partial charge in [0.05, 0.1) is 23.5 Å². The van der Waals surface area contributed by atoms with Crippen LogP contribution in [-0.4, -0.2) is 55.7 Å². The Morgan fingerprint density at radius 2 is 1.90 bits per heavy atom. The van der Waals surface area contributed by atoms with E-state index in [0.717, 1.165) is 35.8 Å². The molecule has 9 nitrogen and oxygen atoms in total. The lowest BCUT2D eigenvalue weighted by Crippen LogP contribution is -2.34. The van der Waals surface area contributed by atoms with Crippen molar-refractivity contribution in [3.63, 3.8) is 0 Å². The summed E-state index contributed by atoms with van der Waals surface area (Å²) >= 11 is 1.68. The van der Waals surface area contributed by atoms with Gasteiger partial charge in [-0.15, -0.1) is 10.2 Å². The van der Waals surface area contributed by atoms with Crippen LogP contribution in [0.5, 0.6) is 5.75 Å². The lowest BCUT2D eigenvalue weighted by molar-refractivity contribution is 0.159. The molecule has 5 rings (SSSR count). The Hall–Kier alpha value is -4.37. The topological polar surface area (TPSA) is 94.4 Å². The van der Waals surface area contributed by atoms with Crippen LogP contribution in [0.25, 0.3) is 5.69 Å². The van der Waals surface area contributed by atoms with Gasteiger partial charge in [0.1, 0.15) is 24.0 Å². The van der Waals surface area contributed by atoms with Crippen molar-refractivity contribution in [2.24, 2.45) is 0 Å². The lowest BCUT2D eigenvalue weighted by Gasteiger charge is -2.20. The maximum Gasteiger partial charge on any atom is 0.408 e. The van der Waals surface area contributed by atoms with Gasteiger partial charge in [0, 0.05) is 43.0 Å². The van der Waals surface area contributed by atoms with Crippen LogP contribution < -0.4 is 10.1 Å². The minimum atomic E-state index is -0.897. The highest BCUT2D eigenvalue weighted by Gasteiger charge is 2.22. The monoisotopic (exact) mass is 592 g/mol. The molecule has 2 aromatic heterocycles. The van der Waals surface area contributed by atoms with Crippen molar-refractivity contribution < 1.29 is 23.0 Å². The van der Waals surface area contributed by atoms with Gasteiger partial charge in [-0.05, 0) is 37.1 Å². The number of amides is 1. The third-order valence-electron chi connectivity index (χ3n) is 6.64. The van der Waals surface area contributed by atoms with Crippen LogP contribution in [0.3, 0.4) is 0 Å². The molecule has 42 heavy (non-hydrogen) atoms. The number of nitrogens with zero attached hydrogens (tertiary/aromatic N) is 5. The molecule has 1 aliphatic heterocycles. The van der Waals surface area contributed by atoms with E-state index in [-0.39, 0.29) is 25.0 Å². The van der Waals surface area contributed by atoms with E-state index in [1.807, 2.05) is 28.6 Å². The highest BCUT2D eigenvalue weighted by molar-refractivity contribution is 7.99. The fourth-order valence-corrected chi connectivity index (χ4v) is 5.79. The van der Waals surface area contributed by atoms with Crippen LogP contribution in [0, 0.1) is 23.5 Å². The molecule has 0 radical (unpaired) electrons. The summed E-state index contributed by atoms with van der Waals surface area (Å²) in [5.41, 5.74) is 0.329. The number of hydrogen-bond donors (Lipinski definition) is 1. The van der Waals surface area contributed by atoms with Crippen molar-refractivity contribution in [2.75, 3.05) is 13.7 Å². The standard InChI is InChI=1S/C30H30F2N6O3S/c1-37-14-11-21(12-15-37)34-30(39)40-16-6-10-25-26(31)17-23(18-27(25)32)41-20-28-35-36-29(42-24-8-3-2-4-9-24)38(28)22-7-5-13-33-19-22/h5,7,11-15,17-19,21,24H,2-4,8-9,16,20H2,1H3,(H,34,39). The predicted octanol–water partition coefficient (Wildman–Crippen LogP) is 5.36. The smallest absolute Gasteiger partial charge is 0.408 e. The Morgan fingerprint density at radius 1 is 1.14 bits per heavy atom. The second kappa shape index (κ2) is 14.0. The SMILES string of the molecule is CN1C=CC(NC(=O)OCC#Cc2c(F)cc(OCc3nnc(SC4CCCCC4)n3-c3cccnc3)cc2F)C=C1. The number of carbonyl (C=O) groups excluding carboxylic acids is 1. The molecule has 1 saturated carbocycles. The average Bonchev–Trinajstić information content (AvgIpc) is 3.39. The molecule has 0 saturated heterocycles. The van der Waals surface area contributed by atoms with E-state index < -0.39 is 23.3 Å². The van der Waals surface area contributed by atoms with E-state index in [0.29, 0.717) is 11.1 Å². The van der Waals surface area contributed by atoms with Crippen molar-refractivity contribution in [2.45, 2.75) is 55.2 Å². The third kappa shape index (κ3) is 7.67. The lowest BCUT2D eigenvalue weighted by atomic mass is 10.0. The molecule has 1 aromatic carbocycles. The number of rotatable bonds is 8. The quantitative estimate of drug-likeness (QED) is 0.350. The number of nitrogens with one attached hydrogen (secondary N) is 1. The largest absolute Gasteiger partial charge is 0.485 e. The van der Waals surface area contributed by atoms with Crippen LogP contribution >= 0.6 is 11.8 Å². The number of thioether (sulfide) groups is 1. The van der Waals surface area contributed by atoms with Gasteiger partial charge in [-0.3, -0.25) is 9.55 Å². The maximum absolute atomic E-state index is 14.8. The number of carbonyl (C=O) groups is 1. The minimum absolute atomic E-state index is 0.0207. The van der Waals surface area contributed by atoms with Gasteiger partial charge in [0.25, 0.3) is 0 Å². The maximum atomic E-state index is 14.8. The summed E-state index contributed by atoms with van der Waals surface area (Å²) in [6.07, 6.45) is 15.7. The van der Waals surface area contributed by atoms with Crippen molar-refractivity contribution in [1.29, 1.82) is 0 Å². The molecule has 3 aromatic rings. The van der Waals surface area contributed by atoms with Crippen molar-refractivity contribution >= 4 is 17.9 Å². The van der Waals surface area contributed by atoms with Crippen molar-refractivity contribution in [3.05, 3.63) is 84.2 Å². The van der Waals surface area contributed by atoms with Crippen molar-refractivity contribution in [3.8, 4) is 23.3 Å². The molecule has 12 heteroatoms. The van der Waals surface area contributed by atoms with Gasteiger partial charge in [-0.2, -0.15) is 0 Å². The molecule has 0 unspecified atom stereocenters. The van der Waals surface area contributed by atoms with Gasteiger partial charge >= 0.3 is 6.09 Å². The van der Waals surface area contributed by atoms with Gasteiger partial charge < -0.3 is 19.7 Å². The number of halogens is 2. The fraction of sp³-hybridized carbons (Fsp3) is 0.333. The third-order valence-corrected chi connectivity index (χ3v) is 7.92. The molecule has 1 N–H and O–H groups in total. The Morgan fingerprint density at radius 3 is 2.62 bits per heavy atom. The average molecular weight is 593 g/mol. The molecule has 0 bridgehead atoms. The molecule has 2 aliphatic rings. The first-order chi connectivity index (χ1) is 20.5. The number of ether oxygens (including phenoxy) is 2. The van der Waals surface area contributed by atoms with E-state index in [4.69, 9.17) is 9.47 Å². The molecule has 218 valence electrons. The summed E-state index contributed by atoms with van der Waals surface area (Å²) in [4.78, 5) is 18.0. The zero-order chi connectivity index (χ0) is 29.3. The molecular weight excluding hydrogens is 562 g/mol. The molecule has 1 fully saturated rings. The summed E-state index contributed by atoms with van der Waals surface area (Å²) in [5.74, 6) is 3.52. The molecule has 0 atom stereocenters. The predicted molar refractivity (Wildman–Crippen MR) is 154 cm³/mol. The van der Waals surface area contributed by atoms with Crippen LogP contribution in [-0.2, 0) is 11.3 Å². The first-order valence-electron chi connectivity index (χ1n) is 13.6. The number of benzene rings is 1. The molecule has 0 spiro atoms. The highest BCUT2D eigenvalue weighted by Crippen LogP contribution is 2.34. The number of pyridine rings is 1. The van der Waals surface area contributed by atoms with Gasteiger partial charge in [-0.1, -0.05) is 42.9 Å². The van der Waals surface area contributed by atoms with Gasteiger partial charge in [-0.25, -0.2) is 13.6 Å². The second-order valence-electron chi connectivity index (χ2n) is 9.77. The normalized spacial score (nSPS) is 15.3. The molecule has 3 heterocycles. The minimum Gasteiger partial charge on any atom is -0.485 e. The van der Waals surface area contributed by atoms with Crippen LogP contribution in [0.1, 0.15) is 43.5 Å². The van der Waals surface area contributed by atoms with Crippen LogP contribution in [0.2, 0.25) is 0 Å². The van der Waals surface area contributed by atoms with Crippen molar-refractivity contribution in [1.82, 2.24) is 30.0 Å².